The van der Waals surface area contributed by atoms with Gasteiger partial charge in [0, 0.05) is 44.4 Å². The highest BCUT2D eigenvalue weighted by Gasteiger charge is 2.25. The van der Waals surface area contributed by atoms with E-state index in [1.54, 1.807) is 23.9 Å². The number of nitrogens with zero attached hydrogens (tertiary/aromatic N) is 6. The zero-order chi connectivity index (χ0) is 21.1. The number of hydrogen-bond acceptors (Lipinski definition) is 9. The summed E-state index contributed by atoms with van der Waals surface area (Å²) in [7, 11) is 3.75. The molecule has 0 atom stereocenters. The number of rotatable bonds is 6. The number of nitrogens with one attached hydrogen (secondary N) is 2. The molecule has 2 amide bonds. The minimum atomic E-state index is -0.373. The summed E-state index contributed by atoms with van der Waals surface area (Å²) in [5.74, 6) is 0.502. The van der Waals surface area contributed by atoms with E-state index < -0.39 is 0 Å². The van der Waals surface area contributed by atoms with E-state index in [4.69, 9.17) is 14.7 Å². The number of hydrogen-bond donors (Lipinski definition) is 2. The fourth-order valence-electron chi connectivity index (χ4n) is 3.56. The molecule has 4 rings (SSSR count). The molecule has 0 radical (unpaired) electrons. The van der Waals surface area contributed by atoms with Gasteiger partial charge < -0.3 is 19.9 Å². The van der Waals surface area contributed by atoms with Crippen molar-refractivity contribution in [3.63, 3.8) is 0 Å². The number of carbonyl (C=O) groups is 2. The van der Waals surface area contributed by atoms with Crippen LogP contribution in [0.25, 0.3) is 11.7 Å². The SMILES string of the molecule is COCCNc1nc(N2CCCN(C)CC2)nc2c(C=C3CC(=O)NC3=O)cnn12. The molecule has 160 valence electrons. The smallest absolute Gasteiger partial charge is 0.254 e. The van der Waals surface area contributed by atoms with Gasteiger partial charge in [-0.25, -0.2) is 0 Å². The maximum atomic E-state index is 12.0. The van der Waals surface area contributed by atoms with Gasteiger partial charge in [-0.2, -0.15) is 19.6 Å². The van der Waals surface area contributed by atoms with E-state index in [9.17, 15) is 9.59 Å². The fourth-order valence-corrected chi connectivity index (χ4v) is 3.56. The highest BCUT2D eigenvalue weighted by Crippen LogP contribution is 2.22. The molecule has 11 heteroatoms. The molecule has 0 unspecified atom stereocenters. The Morgan fingerprint density at radius 1 is 1.23 bits per heavy atom. The summed E-state index contributed by atoms with van der Waals surface area (Å²) in [4.78, 5) is 37.4. The van der Waals surface area contributed by atoms with Crippen LogP contribution >= 0.6 is 0 Å². The molecule has 2 aliphatic rings. The van der Waals surface area contributed by atoms with E-state index in [0.717, 1.165) is 32.6 Å². The first-order chi connectivity index (χ1) is 14.5. The predicted octanol–water partition coefficient (Wildman–Crippen LogP) is -0.246. The molecule has 0 spiro atoms. The van der Waals surface area contributed by atoms with Crippen molar-refractivity contribution < 1.29 is 14.3 Å². The van der Waals surface area contributed by atoms with Crippen LogP contribution in [-0.4, -0.2) is 89.8 Å². The number of ether oxygens (including phenoxy) is 1. The molecule has 11 nitrogen and oxygen atoms in total. The van der Waals surface area contributed by atoms with Gasteiger partial charge in [0.2, 0.25) is 17.8 Å². The molecule has 2 fully saturated rings. The van der Waals surface area contributed by atoms with E-state index in [-0.39, 0.29) is 18.2 Å². The molecule has 30 heavy (non-hydrogen) atoms. The molecule has 0 aliphatic carbocycles. The normalized spacial score (nSPS) is 19.5. The van der Waals surface area contributed by atoms with Crippen molar-refractivity contribution in [3.05, 3.63) is 17.3 Å². The van der Waals surface area contributed by atoms with Crippen LogP contribution in [-0.2, 0) is 14.3 Å². The van der Waals surface area contributed by atoms with Crippen molar-refractivity contribution in [1.82, 2.24) is 29.8 Å². The van der Waals surface area contributed by atoms with Gasteiger partial charge in [-0.3, -0.25) is 14.9 Å². The molecule has 2 aromatic heterocycles. The standard InChI is InChI=1S/C19H26N8O3/c1-25-5-3-6-26(8-7-25)19-23-16-14(10-13-11-15(28)22-17(13)29)12-21-27(16)18(24-19)20-4-9-30-2/h10,12H,3-9,11H2,1-2H3,(H,20,23,24)(H,22,28,29). The summed E-state index contributed by atoms with van der Waals surface area (Å²) in [6.45, 7) is 4.74. The average Bonchev–Trinajstić information content (AvgIpc) is 3.18. The molecule has 0 saturated carbocycles. The maximum absolute atomic E-state index is 12.0. The summed E-state index contributed by atoms with van der Waals surface area (Å²) in [6, 6.07) is 0. The Morgan fingerprint density at radius 3 is 2.87 bits per heavy atom. The second-order valence-electron chi connectivity index (χ2n) is 7.47. The number of likely N-dealkylation sites (N-methyl/N-ethyl adjacent to an activating group) is 1. The van der Waals surface area contributed by atoms with Gasteiger partial charge in [0.05, 0.1) is 19.2 Å². The number of methoxy groups -OCH3 is 1. The Morgan fingerprint density at radius 2 is 2.10 bits per heavy atom. The van der Waals surface area contributed by atoms with Crippen molar-refractivity contribution in [2.45, 2.75) is 12.8 Å². The van der Waals surface area contributed by atoms with Crippen LogP contribution in [0.4, 0.5) is 11.9 Å². The summed E-state index contributed by atoms with van der Waals surface area (Å²) < 4.78 is 6.74. The Kier molecular flexibility index (Phi) is 5.91. The predicted molar refractivity (Wildman–Crippen MR) is 111 cm³/mol. The van der Waals surface area contributed by atoms with Crippen molar-refractivity contribution in [2.24, 2.45) is 0 Å². The van der Waals surface area contributed by atoms with Crippen molar-refractivity contribution in [1.29, 1.82) is 0 Å². The highest BCUT2D eigenvalue weighted by atomic mass is 16.5. The quantitative estimate of drug-likeness (QED) is 0.375. The lowest BCUT2D eigenvalue weighted by Crippen LogP contribution is -2.30. The summed E-state index contributed by atoms with van der Waals surface area (Å²) >= 11 is 0. The Labute approximate surface area is 174 Å². The van der Waals surface area contributed by atoms with Crippen molar-refractivity contribution in [3.8, 4) is 0 Å². The lowest BCUT2D eigenvalue weighted by atomic mass is 10.1. The molecule has 2 aliphatic heterocycles. The van der Waals surface area contributed by atoms with E-state index >= 15 is 0 Å². The van der Waals surface area contributed by atoms with E-state index in [1.807, 2.05) is 0 Å². The number of imide groups is 1. The van der Waals surface area contributed by atoms with Crippen LogP contribution in [0.5, 0.6) is 0 Å². The van der Waals surface area contributed by atoms with Gasteiger partial charge in [-0.05, 0) is 26.1 Å². The Hall–Kier alpha value is -3.05. The number of amides is 2. The van der Waals surface area contributed by atoms with Crippen molar-refractivity contribution in [2.75, 3.05) is 63.7 Å². The van der Waals surface area contributed by atoms with Gasteiger partial charge in [0.25, 0.3) is 5.91 Å². The highest BCUT2D eigenvalue weighted by molar-refractivity contribution is 6.15. The zero-order valence-electron chi connectivity index (χ0n) is 17.2. The summed E-state index contributed by atoms with van der Waals surface area (Å²) in [6.07, 6.45) is 4.39. The average molecular weight is 414 g/mol. The summed E-state index contributed by atoms with van der Waals surface area (Å²) in [5, 5.41) is 9.95. The van der Waals surface area contributed by atoms with Crippen LogP contribution in [0.1, 0.15) is 18.4 Å². The number of aromatic nitrogens is 4. The molecule has 2 N–H and O–H groups in total. The van der Waals surface area contributed by atoms with Gasteiger partial charge in [0.15, 0.2) is 5.65 Å². The first kappa shape index (κ1) is 20.2. The second-order valence-corrected chi connectivity index (χ2v) is 7.47. The van der Waals surface area contributed by atoms with Crippen LogP contribution in [0.3, 0.4) is 0 Å². The van der Waals surface area contributed by atoms with Crippen LogP contribution in [0.2, 0.25) is 0 Å². The minimum absolute atomic E-state index is 0.0610. The van der Waals surface area contributed by atoms with Crippen LogP contribution in [0, 0.1) is 0 Å². The molecular formula is C19H26N8O3. The third kappa shape index (κ3) is 4.26. The first-order valence-electron chi connectivity index (χ1n) is 10.0. The lowest BCUT2D eigenvalue weighted by Gasteiger charge is -2.21. The third-order valence-electron chi connectivity index (χ3n) is 5.20. The molecule has 2 saturated heterocycles. The zero-order valence-corrected chi connectivity index (χ0v) is 17.2. The third-order valence-corrected chi connectivity index (χ3v) is 5.20. The maximum Gasteiger partial charge on any atom is 0.254 e. The molecule has 2 aromatic rings. The second kappa shape index (κ2) is 8.76. The number of fused-ring (bicyclic) bond motifs is 1. The van der Waals surface area contributed by atoms with Gasteiger partial charge in [-0.15, -0.1) is 0 Å². The molecule has 0 bridgehead atoms. The molecule has 0 aromatic carbocycles. The van der Waals surface area contributed by atoms with Crippen LogP contribution in [0.15, 0.2) is 11.8 Å². The fraction of sp³-hybridized carbons (Fsp3) is 0.526. The number of carbonyl (C=O) groups excluding carboxylic acids is 2. The molecular weight excluding hydrogens is 388 g/mol. The Balaban J connectivity index is 1.73. The first-order valence-corrected chi connectivity index (χ1v) is 10.0. The van der Waals surface area contributed by atoms with Crippen LogP contribution < -0.4 is 15.5 Å². The minimum Gasteiger partial charge on any atom is -0.383 e. The van der Waals surface area contributed by atoms with Crippen molar-refractivity contribution >= 4 is 35.4 Å². The van der Waals surface area contributed by atoms with Gasteiger partial charge >= 0.3 is 0 Å². The largest absolute Gasteiger partial charge is 0.383 e. The molecule has 4 heterocycles. The van der Waals surface area contributed by atoms with E-state index in [1.165, 1.54) is 0 Å². The van der Waals surface area contributed by atoms with Gasteiger partial charge in [0.1, 0.15) is 0 Å². The topological polar surface area (TPSA) is 117 Å². The monoisotopic (exact) mass is 414 g/mol. The lowest BCUT2D eigenvalue weighted by molar-refractivity contribution is -0.124. The van der Waals surface area contributed by atoms with E-state index in [0.29, 0.717) is 41.8 Å². The number of anilines is 2. The Bertz CT molecular complexity index is 986. The van der Waals surface area contributed by atoms with Gasteiger partial charge in [-0.1, -0.05) is 0 Å². The van der Waals surface area contributed by atoms with E-state index in [2.05, 4.69) is 32.6 Å². The summed E-state index contributed by atoms with van der Waals surface area (Å²) in [5.41, 5.74) is 1.65.